The number of aromatic nitrogens is 2. The number of likely N-dealkylation sites (tertiary alicyclic amines) is 1. The summed E-state index contributed by atoms with van der Waals surface area (Å²) in [7, 11) is 0. The smallest absolute Gasteiger partial charge is 0.239 e. The van der Waals surface area contributed by atoms with Crippen molar-refractivity contribution in [1.29, 1.82) is 0 Å². The summed E-state index contributed by atoms with van der Waals surface area (Å²) in [5.41, 5.74) is 2.28. The maximum absolute atomic E-state index is 12.7. The number of likely N-dealkylation sites (N-methyl/N-ethyl adjacent to an activating group) is 1. The molecule has 0 radical (unpaired) electrons. The molecule has 1 aromatic heterocycles. The van der Waals surface area contributed by atoms with Crippen molar-refractivity contribution < 1.29 is 4.79 Å². The van der Waals surface area contributed by atoms with Gasteiger partial charge in [0.2, 0.25) is 5.91 Å². The molecule has 2 aliphatic heterocycles. The van der Waals surface area contributed by atoms with Crippen LogP contribution in [0.4, 0.5) is 0 Å². The van der Waals surface area contributed by atoms with E-state index in [2.05, 4.69) is 39.5 Å². The lowest BCUT2D eigenvalue weighted by Crippen LogP contribution is -2.59. The number of carbonyl (C=O) groups is 1. The fraction of sp³-hybridized carbons (Fsp3) is 0.765. The van der Waals surface area contributed by atoms with Crippen LogP contribution in [0, 0.1) is 13.8 Å². The van der Waals surface area contributed by atoms with Gasteiger partial charge < -0.3 is 9.80 Å². The van der Waals surface area contributed by atoms with Crippen molar-refractivity contribution in [3.63, 3.8) is 0 Å². The van der Waals surface area contributed by atoms with Crippen LogP contribution >= 0.6 is 0 Å². The summed E-state index contributed by atoms with van der Waals surface area (Å²) in [6.45, 7) is 15.0. The first kappa shape index (κ1) is 16.5. The van der Waals surface area contributed by atoms with Crippen LogP contribution in [0.25, 0.3) is 0 Å². The van der Waals surface area contributed by atoms with Crippen LogP contribution in [0.3, 0.4) is 0 Å². The van der Waals surface area contributed by atoms with Crippen LogP contribution in [-0.2, 0) is 4.79 Å². The van der Waals surface area contributed by atoms with Crippen molar-refractivity contribution >= 4 is 5.91 Å². The number of nitrogens with zero attached hydrogens (tertiary/aromatic N) is 5. The van der Waals surface area contributed by atoms with Gasteiger partial charge >= 0.3 is 0 Å². The van der Waals surface area contributed by atoms with E-state index < -0.39 is 0 Å². The normalized spacial score (nSPS) is 22.2. The average molecular weight is 319 g/mol. The molecular formula is C17H29N5O. The van der Waals surface area contributed by atoms with Gasteiger partial charge in [0.25, 0.3) is 0 Å². The van der Waals surface area contributed by atoms with Gasteiger partial charge in [0, 0.05) is 45.0 Å². The molecule has 3 heterocycles. The van der Waals surface area contributed by atoms with Crippen LogP contribution in [0.2, 0.25) is 0 Å². The number of carbonyl (C=O) groups excluding carboxylic acids is 1. The van der Waals surface area contributed by atoms with E-state index >= 15 is 0 Å². The Morgan fingerprint density at radius 3 is 2.43 bits per heavy atom. The largest absolute Gasteiger partial charge is 0.339 e. The van der Waals surface area contributed by atoms with Gasteiger partial charge in [0.1, 0.15) is 0 Å². The third-order valence-corrected chi connectivity index (χ3v) is 5.32. The van der Waals surface area contributed by atoms with Crippen LogP contribution in [0.1, 0.15) is 31.3 Å². The van der Waals surface area contributed by atoms with Crippen molar-refractivity contribution in [1.82, 2.24) is 24.5 Å². The molecular weight excluding hydrogens is 290 g/mol. The fourth-order valence-electron chi connectivity index (χ4n) is 3.68. The zero-order chi connectivity index (χ0) is 16.6. The monoisotopic (exact) mass is 319 g/mol. The van der Waals surface area contributed by atoms with Gasteiger partial charge in [-0.3, -0.25) is 14.4 Å². The van der Waals surface area contributed by atoms with Crippen LogP contribution < -0.4 is 0 Å². The Hall–Kier alpha value is -1.40. The van der Waals surface area contributed by atoms with Gasteiger partial charge in [0.15, 0.2) is 0 Å². The lowest BCUT2D eigenvalue weighted by atomic mass is 10.0. The van der Waals surface area contributed by atoms with Gasteiger partial charge in [-0.15, -0.1) is 0 Å². The summed E-state index contributed by atoms with van der Waals surface area (Å²) in [5, 5.41) is 4.57. The summed E-state index contributed by atoms with van der Waals surface area (Å²) in [6.07, 6.45) is 0. The predicted octanol–water partition coefficient (Wildman–Crippen LogP) is 0.909. The highest BCUT2D eigenvalue weighted by Gasteiger charge is 2.37. The van der Waals surface area contributed by atoms with Crippen molar-refractivity contribution in [2.45, 2.75) is 39.8 Å². The molecule has 1 unspecified atom stereocenters. The van der Waals surface area contributed by atoms with E-state index in [1.54, 1.807) is 0 Å². The molecule has 1 atom stereocenters. The van der Waals surface area contributed by atoms with E-state index in [9.17, 15) is 4.79 Å². The lowest BCUT2D eigenvalue weighted by Gasteiger charge is -2.45. The number of aryl methyl sites for hydroxylation is 2. The molecule has 0 saturated carbocycles. The highest BCUT2D eigenvalue weighted by molar-refractivity contribution is 5.81. The third kappa shape index (κ3) is 3.28. The first-order valence-electron chi connectivity index (χ1n) is 8.77. The number of hydrogen-bond donors (Lipinski definition) is 0. The Bertz CT molecular complexity index is 555. The summed E-state index contributed by atoms with van der Waals surface area (Å²) in [5.74, 6) is 0.285. The molecule has 0 bridgehead atoms. The molecule has 2 aliphatic rings. The first-order chi connectivity index (χ1) is 11.0. The van der Waals surface area contributed by atoms with Gasteiger partial charge in [-0.1, -0.05) is 6.92 Å². The molecule has 1 aromatic rings. The second-order valence-corrected chi connectivity index (χ2v) is 6.91. The maximum Gasteiger partial charge on any atom is 0.239 e. The van der Waals surface area contributed by atoms with Crippen molar-refractivity contribution in [3.05, 3.63) is 17.5 Å². The molecule has 23 heavy (non-hydrogen) atoms. The molecule has 6 heteroatoms. The molecule has 128 valence electrons. The Morgan fingerprint density at radius 2 is 1.91 bits per heavy atom. The van der Waals surface area contributed by atoms with Gasteiger partial charge in [0.05, 0.1) is 17.8 Å². The molecule has 0 aliphatic carbocycles. The zero-order valence-electron chi connectivity index (χ0n) is 14.8. The van der Waals surface area contributed by atoms with E-state index in [-0.39, 0.29) is 11.9 Å². The number of rotatable bonds is 4. The summed E-state index contributed by atoms with van der Waals surface area (Å²) < 4.78 is 2.11. The van der Waals surface area contributed by atoms with Crippen LogP contribution in [0.5, 0.6) is 0 Å². The average Bonchev–Trinajstić information content (AvgIpc) is 2.83. The van der Waals surface area contributed by atoms with Crippen LogP contribution in [0.15, 0.2) is 6.07 Å². The zero-order valence-corrected chi connectivity index (χ0v) is 14.8. The summed E-state index contributed by atoms with van der Waals surface area (Å²) in [4.78, 5) is 19.4. The molecule has 0 N–H and O–H groups in total. The summed E-state index contributed by atoms with van der Waals surface area (Å²) in [6, 6.07) is 2.51. The summed E-state index contributed by atoms with van der Waals surface area (Å²) >= 11 is 0. The van der Waals surface area contributed by atoms with E-state index in [0.29, 0.717) is 6.04 Å². The third-order valence-electron chi connectivity index (χ3n) is 5.32. The Kier molecular flexibility index (Phi) is 4.73. The molecule has 6 nitrogen and oxygen atoms in total. The van der Waals surface area contributed by atoms with E-state index in [1.807, 2.05) is 18.7 Å². The Morgan fingerprint density at radius 1 is 1.26 bits per heavy atom. The highest BCUT2D eigenvalue weighted by Crippen LogP contribution is 2.25. The van der Waals surface area contributed by atoms with Gasteiger partial charge in [-0.2, -0.15) is 5.10 Å². The molecule has 3 rings (SSSR count). The SMILES string of the molecule is CCN1CCN(C(=O)C(C)N2CC(n3nc(C)cc3C)C2)CC1. The minimum Gasteiger partial charge on any atom is -0.339 e. The second-order valence-electron chi connectivity index (χ2n) is 6.91. The van der Waals surface area contributed by atoms with E-state index in [4.69, 9.17) is 0 Å². The van der Waals surface area contributed by atoms with Gasteiger partial charge in [-0.25, -0.2) is 0 Å². The molecule has 0 spiro atoms. The van der Waals surface area contributed by atoms with Crippen molar-refractivity contribution in [2.75, 3.05) is 45.8 Å². The lowest BCUT2D eigenvalue weighted by molar-refractivity contribution is -0.140. The molecule has 2 saturated heterocycles. The minimum absolute atomic E-state index is 0.0172. The second kappa shape index (κ2) is 6.61. The maximum atomic E-state index is 12.7. The predicted molar refractivity (Wildman–Crippen MR) is 90.5 cm³/mol. The molecule has 2 fully saturated rings. The highest BCUT2D eigenvalue weighted by atomic mass is 16.2. The first-order valence-corrected chi connectivity index (χ1v) is 8.77. The topological polar surface area (TPSA) is 44.6 Å². The quantitative estimate of drug-likeness (QED) is 0.827. The van der Waals surface area contributed by atoms with Crippen molar-refractivity contribution in [3.8, 4) is 0 Å². The molecule has 1 amide bonds. The standard InChI is InChI=1S/C17H29N5O/c1-5-19-6-8-20(9-7-19)17(23)15(4)21-11-16(12-21)22-14(3)10-13(2)18-22/h10,15-16H,5-9,11-12H2,1-4H3. The Balaban J connectivity index is 1.51. The molecule has 0 aromatic carbocycles. The minimum atomic E-state index is -0.0172. The number of hydrogen-bond acceptors (Lipinski definition) is 4. The van der Waals surface area contributed by atoms with Gasteiger partial charge in [-0.05, 0) is 33.4 Å². The van der Waals surface area contributed by atoms with Crippen molar-refractivity contribution in [2.24, 2.45) is 0 Å². The van der Waals surface area contributed by atoms with E-state index in [1.165, 1.54) is 5.69 Å². The van der Waals surface area contributed by atoms with E-state index in [0.717, 1.165) is 51.5 Å². The number of amides is 1. The van der Waals surface area contributed by atoms with Crippen LogP contribution in [-0.4, -0.2) is 82.2 Å². The fourth-order valence-corrected chi connectivity index (χ4v) is 3.68. The number of piperazine rings is 1. The Labute approximate surface area is 139 Å².